The maximum atomic E-state index is 14.0. The Bertz CT molecular complexity index is 1870. The molecule has 2 saturated carbocycles. The van der Waals surface area contributed by atoms with Crippen LogP contribution >= 0.6 is 0 Å². The zero-order chi connectivity index (χ0) is 34.1. The van der Waals surface area contributed by atoms with Crippen LogP contribution in [0.2, 0.25) is 0 Å². The lowest BCUT2D eigenvalue weighted by molar-refractivity contribution is -0.540. The van der Waals surface area contributed by atoms with Gasteiger partial charge < -0.3 is 9.80 Å². The number of likely N-dealkylation sites (tertiary alicyclic amines) is 2. The van der Waals surface area contributed by atoms with E-state index < -0.39 is 5.72 Å². The minimum atomic E-state index is -0.898. The monoisotopic (exact) mass is 662 g/mol. The third-order valence-electron chi connectivity index (χ3n) is 11.9. The largest absolute Gasteiger partial charge is 0.341 e. The van der Waals surface area contributed by atoms with Gasteiger partial charge in [0, 0.05) is 66.2 Å². The van der Waals surface area contributed by atoms with Gasteiger partial charge in [-0.05, 0) is 61.4 Å². The van der Waals surface area contributed by atoms with Crippen molar-refractivity contribution in [3.63, 3.8) is 0 Å². The highest BCUT2D eigenvalue weighted by molar-refractivity contribution is 6.19. The van der Waals surface area contributed by atoms with E-state index in [1.165, 1.54) is 25.7 Å². The highest BCUT2D eigenvalue weighted by Gasteiger charge is 2.62. The topological polar surface area (TPSA) is 131 Å². The van der Waals surface area contributed by atoms with Gasteiger partial charge in [-0.1, -0.05) is 38.8 Å². The Morgan fingerprint density at radius 3 is 2.53 bits per heavy atom. The number of nitrogens with zero attached hydrogens (tertiary/aromatic N) is 8. The Morgan fingerprint density at radius 1 is 1.12 bits per heavy atom. The fraction of sp³-hybridized carbons (Fsp3) is 0.568. The van der Waals surface area contributed by atoms with Crippen molar-refractivity contribution in [3.8, 4) is 6.07 Å². The van der Waals surface area contributed by atoms with Crippen LogP contribution in [-0.2, 0) is 21.0 Å². The third-order valence-corrected chi connectivity index (χ3v) is 11.9. The number of amides is 2. The Balaban J connectivity index is 1.02. The molecule has 0 radical (unpaired) electrons. The molecule has 3 unspecified atom stereocenters. The van der Waals surface area contributed by atoms with E-state index in [-0.39, 0.29) is 40.5 Å². The zero-order valence-electron chi connectivity index (χ0n) is 28.7. The van der Waals surface area contributed by atoms with Gasteiger partial charge >= 0.3 is 0 Å². The first-order chi connectivity index (χ1) is 23.5. The van der Waals surface area contributed by atoms with Crippen molar-refractivity contribution in [2.45, 2.75) is 84.0 Å². The molecule has 8 rings (SSSR count). The van der Waals surface area contributed by atoms with Crippen molar-refractivity contribution in [2.24, 2.45) is 32.8 Å². The molecule has 2 aromatic rings. The highest BCUT2D eigenvalue weighted by atomic mass is 16.7. The molecule has 1 N–H and O–H groups in total. The van der Waals surface area contributed by atoms with Crippen LogP contribution in [0, 0.1) is 34.0 Å². The van der Waals surface area contributed by atoms with Gasteiger partial charge in [0.25, 0.3) is 5.91 Å². The summed E-state index contributed by atoms with van der Waals surface area (Å²) in [7, 11) is 0. The first-order valence-corrected chi connectivity index (χ1v) is 17.6. The number of carbonyl (C=O) groups is 2. The van der Waals surface area contributed by atoms with Gasteiger partial charge in [-0.2, -0.15) is 10.4 Å². The van der Waals surface area contributed by atoms with E-state index in [0.29, 0.717) is 55.6 Å². The van der Waals surface area contributed by atoms with Crippen molar-refractivity contribution < 1.29 is 19.1 Å². The molecule has 2 aliphatic carbocycles. The van der Waals surface area contributed by atoms with Gasteiger partial charge in [0.1, 0.15) is 18.1 Å². The molecule has 1 aromatic carbocycles. The molecular weight excluding hydrogens is 618 g/mol. The van der Waals surface area contributed by atoms with Crippen molar-refractivity contribution in [3.05, 3.63) is 58.9 Å². The third kappa shape index (κ3) is 5.59. The van der Waals surface area contributed by atoms with E-state index >= 15 is 0 Å². The summed E-state index contributed by atoms with van der Waals surface area (Å²) in [6.45, 7) is 10.9. The predicted octanol–water partition coefficient (Wildman–Crippen LogP) is 3.76. The predicted molar refractivity (Wildman–Crippen MR) is 181 cm³/mol. The van der Waals surface area contributed by atoms with Gasteiger partial charge in [0.2, 0.25) is 24.0 Å². The normalized spacial score (nSPS) is 28.5. The number of rotatable bonds is 8. The molecule has 4 fully saturated rings. The summed E-state index contributed by atoms with van der Waals surface area (Å²) >= 11 is 0. The molecule has 2 amide bonds. The molecule has 1 spiro atoms. The number of hydroxylamine groups is 1. The molecule has 5 heterocycles. The van der Waals surface area contributed by atoms with Crippen LogP contribution in [0.4, 0.5) is 0 Å². The van der Waals surface area contributed by atoms with E-state index in [0.717, 1.165) is 17.7 Å². The van der Waals surface area contributed by atoms with E-state index in [1.807, 2.05) is 39.7 Å². The number of aliphatic imine (C=N–C) groups is 1. The lowest BCUT2D eigenvalue weighted by Crippen LogP contribution is -2.64. The van der Waals surface area contributed by atoms with Crippen LogP contribution in [0.5, 0.6) is 0 Å². The number of nitrogens with one attached hydrogen (secondary N) is 1. The van der Waals surface area contributed by atoms with Crippen LogP contribution < -0.4 is 5.48 Å². The first kappa shape index (κ1) is 31.7. The van der Waals surface area contributed by atoms with Crippen LogP contribution in [0.15, 0.2) is 52.2 Å². The quantitative estimate of drug-likeness (QED) is 0.429. The second-order valence-electron chi connectivity index (χ2n) is 15.8. The average molecular weight is 663 g/mol. The van der Waals surface area contributed by atoms with Crippen LogP contribution in [0.1, 0.15) is 88.6 Å². The molecule has 254 valence electrons. The summed E-state index contributed by atoms with van der Waals surface area (Å²) in [5, 5.41) is 18.5. The summed E-state index contributed by atoms with van der Waals surface area (Å²) in [6, 6.07) is 11.4. The molecule has 12 nitrogen and oxygen atoms in total. The van der Waals surface area contributed by atoms with E-state index in [1.54, 1.807) is 23.0 Å². The van der Waals surface area contributed by atoms with Crippen LogP contribution in [0.25, 0.3) is 0 Å². The summed E-state index contributed by atoms with van der Waals surface area (Å²) < 4.78 is 3.59. The smallest absolute Gasteiger partial charge is 0.269 e. The molecule has 2 saturated heterocycles. The summed E-state index contributed by atoms with van der Waals surface area (Å²) in [4.78, 5) is 42.6. The standard InChI is InChI=1S/C37H44N9O3/c1-24(46-14-13-31(41-46)27-7-5-6-8-27)36(4)40-32(42-49-36)30-20-43(21-37(30)22-44(23-37)34(48)29-15-35(29,2)3)33(47)28-17-39-45(19-28)18-26-11-9-25(16-38)10-12-26/h9-14,17,24,27,29-30H,5-8,15,18,20-23H2,1-4H3,(H,40,42)/q+1/t24?,29-,30?,36?/m1/s1. The van der Waals surface area contributed by atoms with Crippen LogP contribution in [-0.4, -0.2) is 85.9 Å². The number of benzene rings is 1. The molecule has 1 aromatic heterocycles. The van der Waals surface area contributed by atoms with Gasteiger partial charge in [-0.25, -0.2) is 15.3 Å². The minimum absolute atomic E-state index is 0.0533. The second-order valence-corrected chi connectivity index (χ2v) is 15.8. The first-order valence-electron chi connectivity index (χ1n) is 17.6. The lowest BCUT2D eigenvalue weighted by Gasteiger charge is -2.51. The lowest BCUT2D eigenvalue weighted by atomic mass is 9.70. The van der Waals surface area contributed by atoms with E-state index in [9.17, 15) is 9.59 Å². The van der Waals surface area contributed by atoms with Gasteiger partial charge in [-0.15, -0.1) is 0 Å². The number of hydrazone groups is 1. The Hall–Kier alpha value is -4.59. The Morgan fingerprint density at radius 2 is 1.84 bits per heavy atom. The average Bonchev–Trinajstić information content (AvgIpc) is 3.80. The molecule has 4 atom stereocenters. The fourth-order valence-corrected chi connectivity index (χ4v) is 8.36. The summed E-state index contributed by atoms with van der Waals surface area (Å²) in [5.74, 6) is 4.38. The number of hydrogen-bond acceptors (Lipinski definition) is 8. The van der Waals surface area contributed by atoms with Crippen LogP contribution in [0.3, 0.4) is 0 Å². The number of hydrogen-bond donors (Lipinski definition) is 1. The molecule has 4 aliphatic heterocycles. The Labute approximate surface area is 286 Å². The molecular formula is C37H44N9O3+. The SMILES string of the molecule is CC(n1ccc(C2CCCC2)n1)C1(C)N=C(C2CN(C(=O)C3=C=[N+](Cc4ccc(C#N)cc4)N=C3)CC23CN(C(=O)[C@H]2CC2(C)C)C3)NO1. The molecule has 6 aliphatic rings. The zero-order valence-corrected chi connectivity index (χ0v) is 28.7. The van der Waals surface area contributed by atoms with Gasteiger partial charge in [0.05, 0.1) is 17.3 Å². The number of amidine groups is 1. The van der Waals surface area contributed by atoms with E-state index in [2.05, 4.69) is 49.4 Å². The maximum absolute atomic E-state index is 14.0. The highest BCUT2D eigenvalue weighted by Crippen LogP contribution is 2.55. The van der Waals surface area contributed by atoms with E-state index in [4.69, 9.17) is 20.2 Å². The molecule has 12 heteroatoms. The van der Waals surface area contributed by atoms with Gasteiger partial charge in [0.15, 0.2) is 5.57 Å². The fourth-order valence-electron chi connectivity index (χ4n) is 8.36. The van der Waals surface area contributed by atoms with Crippen molar-refractivity contribution in [1.82, 2.24) is 25.1 Å². The van der Waals surface area contributed by atoms with Crippen molar-refractivity contribution in [2.75, 3.05) is 26.2 Å². The van der Waals surface area contributed by atoms with Gasteiger partial charge in [-0.3, -0.25) is 14.3 Å². The van der Waals surface area contributed by atoms with Crippen molar-refractivity contribution in [1.29, 1.82) is 5.26 Å². The number of carbonyl (C=O) groups excluding carboxylic acids is 2. The second kappa shape index (κ2) is 11.5. The Kier molecular flexibility index (Phi) is 7.43. The number of aromatic nitrogens is 2. The number of nitriles is 1. The van der Waals surface area contributed by atoms with Crippen molar-refractivity contribution >= 4 is 29.7 Å². The summed E-state index contributed by atoms with van der Waals surface area (Å²) in [6.07, 6.45) is 9.41. The molecule has 49 heavy (non-hydrogen) atoms. The summed E-state index contributed by atoms with van der Waals surface area (Å²) in [5.41, 5.74) is 5.08. The maximum Gasteiger partial charge on any atom is 0.269 e. The molecule has 0 bridgehead atoms. The minimum Gasteiger partial charge on any atom is -0.341 e.